The van der Waals surface area contributed by atoms with Crippen molar-refractivity contribution in [3.8, 4) is 0 Å². The summed E-state index contributed by atoms with van der Waals surface area (Å²) in [6, 6.07) is 0.0400. The molecule has 1 fully saturated rings. The van der Waals surface area contributed by atoms with E-state index < -0.39 is 0 Å². The second kappa shape index (κ2) is 5.11. The summed E-state index contributed by atoms with van der Waals surface area (Å²) >= 11 is 0. The minimum absolute atomic E-state index is 0.0119. The van der Waals surface area contributed by atoms with Crippen LogP contribution >= 0.6 is 0 Å². The van der Waals surface area contributed by atoms with E-state index in [1.807, 2.05) is 6.92 Å². The number of nitrogens with zero attached hydrogens (tertiary/aromatic N) is 1. The van der Waals surface area contributed by atoms with Crippen molar-refractivity contribution in [1.29, 1.82) is 0 Å². The van der Waals surface area contributed by atoms with E-state index in [0.717, 1.165) is 0 Å². The summed E-state index contributed by atoms with van der Waals surface area (Å²) in [6.07, 6.45) is 0.308. The Labute approximate surface area is 89.8 Å². The zero-order valence-corrected chi connectivity index (χ0v) is 9.45. The molecule has 5 nitrogen and oxygen atoms in total. The number of hydrogen-bond acceptors (Lipinski definition) is 3. The predicted molar refractivity (Wildman–Crippen MR) is 55.2 cm³/mol. The van der Waals surface area contributed by atoms with Crippen LogP contribution in [0.25, 0.3) is 0 Å². The summed E-state index contributed by atoms with van der Waals surface area (Å²) in [6.45, 7) is 2.89. The van der Waals surface area contributed by atoms with E-state index in [-0.39, 0.29) is 23.8 Å². The Morgan fingerprint density at radius 2 is 2.40 bits per heavy atom. The second-order valence-corrected chi connectivity index (χ2v) is 3.96. The van der Waals surface area contributed by atoms with Crippen LogP contribution in [-0.4, -0.2) is 50.1 Å². The molecule has 2 amide bonds. The van der Waals surface area contributed by atoms with Crippen molar-refractivity contribution in [3.63, 3.8) is 0 Å². The molecular formula is C10H18N2O3. The molecule has 1 saturated heterocycles. The fraction of sp³-hybridized carbons (Fsp3) is 0.800. The molecule has 2 unspecified atom stereocenters. The fourth-order valence-electron chi connectivity index (χ4n) is 1.64. The molecule has 1 heterocycles. The summed E-state index contributed by atoms with van der Waals surface area (Å²) in [7, 11) is 3.35. The summed E-state index contributed by atoms with van der Waals surface area (Å²) in [4.78, 5) is 24.5. The van der Waals surface area contributed by atoms with Gasteiger partial charge in [0.1, 0.15) is 0 Å². The first-order valence-electron chi connectivity index (χ1n) is 5.08. The maximum atomic E-state index is 11.9. The molecule has 1 aliphatic rings. The minimum Gasteiger partial charge on any atom is -0.383 e. The van der Waals surface area contributed by atoms with Crippen LogP contribution in [0, 0.1) is 5.92 Å². The average Bonchev–Trinajstić information content (AvgIpc) is 2.63. The lowest BCUT2D eigenvalue weighted by molar-refractivity contribution is -0.137. The van der Waals surface area contributed by atoms with E-state index >= 15 is 0 Å². The van der Waals surface area contributed by atoms with E-state index in [2.05, 4.69) is 5.32 Å². The third-order valence-corrected chi connectivity index (χ3v) is 2.74. The molecule has 2 atom stereocenters. The molecule has 1 N–H and O–H groups in total. The van der Waals surface area contributed by atoms with E-state index in [0.29, 0.717) is 19.6 Å². The fourth-order valence-corrected chi connectivity index (χ4v) is 1.64. The average molecular weight is 214 g/mol. The number of carbonyl (C=O) groups is 2. The van der Waals surface area contributed by atoms with Crippen molar-refractivity contribution in [2.45, 2.75) is 19.4 Å². The molecule has 0 bridgehead atoms. The molecule has 86 valence electrons. The highest BCUT2D eigenvalue weighted by Crippen LogP contribution is 2.13. The van der Waals surface area contributed by atoms with Gasteiger partial charge in [-0.1, -0.05) is 0 Å². The molecule has 1 aliphatic heterocycles. The monoisotopic (exact) mass is 214 g/mol. The number of methoxy groups -OCH3 is 1. The zero-order chi connectivity index (χ0) is 11.4. The van der Waals surface area contributed by atoms with Crippen LogP contribution in [0.2, 0.25) is 0 Å². The summed E-state index contributed by atoms with van der Waals surface area (Å²) in [5.41, 5.74) is 0. The van der Waals surface area contributed by atoms with Gasteiger partial charge in [-0.25, -0.2) is 0 Å². The highest BCUT2D eigenvalue weighted by molar-refractivity contribution is 5.89. The van der Waals surface area contributed by atoms with Crippen LogP contribution < -0.4 is 5.32 Å². The van der Waals surface area contributed by atoms with Crippen molar-refractivity contribution in [3.05, 3.63) is 0 Å². The topological polar surface area (TPSA) is 58.6 Å². The Hall–Kier alpha value is -1.10. The first-order chi connectivity index (χ1) is 7.06. The standard InChI is InChI=1S/C10H18N2O3/c1-7(6-15-3)12(2)10(14)8-4-9(13)11-5-8/h7-8H,4-6H2,1-3H3,(H,11,13). The molecular weight excluding hydrogens is 196 g/mol. The van der Waals surface area contributed by atoms with Gasteiger partial charge >= 0.3 is 0 Å². The van der Waals surface area contributed by atoms with E-state index in [1.165, 1.54) is 0 Å². The molecule has 0 saturated carbocycles. The van der Waals surface area contributed by atoms with Crippen LogP contribution in [0.1, 0.15) is 13.3 Å². The summed E-state index contributed by atoms with van der Waals surface area (Å²) < 4.78 is 4.98. The highest BCUT2D eigenvalue weighted by atomic mass is 16.5. The third kappa shape index (κ3) is 2.92. The lowest BCUT2D eigenvalue weighted by atomic mass is 10.1. The molecule has 1 rings (SSSR count). The number of hydrogen-bond donors (Lipinski definition) is 1. The van der Waals surface area contributed by atoms with Gasteiger partial charge in [-0.05, 0) is 6.92 Å². The number of nitrogens with one attached hydrogen (secondary N) is 1. The number of carbonyl (C=O) groups excluding carboxylic acids is 2. The smallest absolute Gasteiger partial charge is 0.228 e. The van der Waals surface area contributed by atoms with Gasteiger partial charge in [-0.2, -0.15) is 0 Å². The van der Waals surface area contributed by atoms with E-state index in [1.54, 1.807) is 19.1 Å². The van der Waals surface area contributed by atoms with Gasteiger partial charge in [0.2, 0.25) is 11.8 Å². The molecule has 0 spiro atoms. The highest BCUT2D eigenvalue weighted by Gasteiger charge is 2.31. The molecule has 0 aromatic heterocycles. The first-order valence-corrected chi connectivity index (χ1v) is 5.08. The Balaban J connectivity index is 2.48. The van der Waals surface area contributed by atoms with E-state index in [9.17, 15) is 9.59 Å². The second-order valence-electron chi connectivity index (χ2n) is 3.96. The zero-order valence-electron chi connectivity index (χ0n) is 9.45. The molecule has 15 heavy (non-hydrogen) atoms. The third-order valence-electron chi connectivity index (χ3n) is 2.74. The van der Waals surface area contributed by atoms with Crippen LogP contribution in [0.15, 0.2) is 0 Å². The Morgan fingerprint density at radius 1 is 1.73 bits per heavy atom. The van der Waals surface area contributed by atoms with Gasteiger partial charge in [0, 0.05) is 27.1 Å². The first kappa shape index (κ1) is 12.0. The number of rotatable bonds is 4. The quantitative estimate of drug-likeness (QED) is 0.693. The normalized spacial score (nSPS) is 22.3. The molecule has 0 aromatic carbocycles. The summed E-state index contributed by atoms with van der Waals surface area (Å²) in [5.74, 6) is -0.235. The maximum absolute atomic E-state index is 11.9. The molecule has 5 heteroatoms. The summed E-state index contributed by atoms with van der Waals surface area (Å²) in [5, 5.41) is 2.66. The van der Waals surface area contributed by atoms with Crippen LogP contribution in [0.5, 0.6) is 0 Å². The number of amides is 2. The van der Waals surface area contributed by atoms with Gasteiger partial charge in [0.25, 0.3) is 0 Å². The van der Waals surface area contributed by atoms with Gasteiger partial charge in [0.15, 0.2) is 0 Å². The molecule has 0 aliphatic carbocycles. The molecule has 0 aromatic rings. The Bertz CT molecular complexity index is 255. The number of likely N-dealkylation sites (N-methyl/N-ethyl adjacent to an activating group) is 1. The van der Waals surface area contributed by atoms with Gasteiger partial charge < -0.3 is 15.0 Å². The van der Waals surface area contributed by atoms with Crippen LogP contribution in [0.3, 0.4) is 0 Å². The lowest BCUT2D eigenvalue weighted by Gasteiger charge is -2.26. The van der Waals surface area contributed by atoms with E-state index in [4.69, 9.17) is 4.74 Å². The maximum Gasteiger partial charge on any atom is 0.228 e. The van der Waals surface area contributed by atoms with Crippen LogP contribution in [-0.2, 0) is 14.3 Å². The van der Waals surface area contributed by atoms with Crippen molar-refractivity contribution < 1.29 is 14.3 Å². The van der Waals surface area contributed by atoms with Crippen LogP contribution in [0.4, 0.5) is 0 Å². The van der Waals surface area contributed by atoms with Crippen molar-refractivity contribution >= 4 is 11.8 Å². The van der Waals surface area contributed by atoms with Crippen molar-refractivity contribution in [2.75, 3.05) is 27.3 Å². The molecule has 0 radical (unpaired) electrons. The lowest BCUT2D eigenvalue weighted by Crippen LogP contribution is -2.41. The predicted octanol–water partition coefficient (Wildman–Crippen LogP) is -0.384. The minimum atomic E-state index is -0.207. The van der Waals surface area contributed by atoms with Gasteiger partial charge in [0.05, 0.1) is 18.6 Å². The Kier molecular flexibility index (Phi) is 4.08. The number of ether oxygens (including phenoxy) is 1. The van der Waals surface area contributed by atoms with Crippen molar-refractivity contribution in [2.24, 2.45) is 5.92 Å². The SMILES string of the molecule is COCC(C)N(C)C(=O)C1CNC(=O)C1. The van der Waals surface area contributed by atoms with Gasteiger partial charge in [-0.15, -0.1) is 0 Å². The Morgan fingerprint density at radius 3 is 2.87 bits per heavy atom. The van der Waals surface area contributed by atoms with Crippen molar-refractivity contribution in [1.82, 2.24) is 10.2 Å². The largest absolute Gasteiger partial charge is 0.383 e. The van der Waals surface area contributed by atoms with Gasteiger partial charge in [-0.3, -0.25) is 9.59 Å².